The minimum Gasteiger partial charge on any atom is -0.412 e. The Kier molecular flexibility index (Phi) is 5.64. The molecule has 2 heterocycles. The summed E-state index contributed by atoms with van der Waals surface area (Å²) in [5.74, 6) is -0.448. The number of hydrogen-bond donors (Lipinski definition) is 0. The van der Waals surface area contributed by atoms with Gasteiger partial charge in [-0.25, -0.2) is 13.8 Å². The average molecular weight is 419 g/mol. The Balaban J connectivity index is 1.82. The number of halogens is 2. The van der Waals surface area contributed by atoms with E-state index in [-0.39, 0.29) is 22.9 Å². The Morgan fingerprint density at radius 3 is 2.38 bits per heavy atom. The summed E-state index contributed by atoms with van der Waals surface area (Å²) in [6, 6.07) is 6.55. The van der Waals surface area contributed by atoms with Crippen LogP contribution in [0.2, 0.25) is 18.1 Å². The van der Waals surface area contributed by atoms with E-state index in [9.17, 15) is 4.39 Å². The van der Waals surface area contributed by atoms with Gasteiger partial charge in [0.15, 0.2) is 20.0 Å². The highest BCUT2D eigenvalue weighted by molar-refractivity contribution is 6.74. The highest BCUT2D eigenvalue weighted by atomic mass is 28.4. The maximum Gasteiger partial charge on any atom is 0.192 e. The van der Waals surface area contributed by atoms with Gasteiger partial charge in [0.05, 0.1) is 6.61 Å². The Labute approximate surface area is 174 Å². The first kappa shape index (κ1) is 21.9. The van der Waals surface area contributed by atoms with Crippen LogP contribution in [0.15, 0.2) is 30.5 Å². The zero-order chi connectivity index (χ0) is 21.6. The predicted molar refractivity (Wildman–Crippen MR) is 118 cm³/mol. The Morgan fingerprint density at radius 1 is 1.17 bits per heavy atom. The van der Waals surface area contributed by atoms with Crippen LogP contribution in [0.25, 0.3) is 11.1 Å². The molecule has 0 saturated carbocycles. The largest absolute Gasteiger partial charge is 0.412 e. The fraction of sp³-hybridized carbons (Fsp3) is 0.522. The van der Waals surface area contributed by atoms with Crippen LogP contribution < -0.4 is 4.90 Å². The van der Waals surface area contributed by atoms with Crippen molar-refractivity contribution in [3.05, 3.63) is 47.7 Å². The van der Waals surface area contributed by atoms with Gasteiger partial charge in [-0.15, -0.1) is 0 Å². The molecule has 1 aliphatic heterocycles. The molecule has 0 N–H and O–H groups in total. The summed E-state index contributed by atoms with van der Waals surface area (Å²) < 4.78 is 36.0. The molecule has 158 valence electrons. The van der Waals surface area contributed by atoms with Crippen LogP contribution in [-0.2, 0) is 11.0 Å². The molecular weight excluding hydrogens is 386 g/mol. The molecule has 0 aliphatic carbocycles. The van der Waals surface area contributed by atoms with Crippen molar-refractivity contribution in [1.29, 1.82) is 0 Å². The molecule has 1 aromatic carbocycles. The minimum absolute atomic E-state index is 0.0510. The van der Waals surface area contributed by atoms with E-state index in [0.29, 0.717) is 22.5 Å². The summed E-state index contributed by atoms with van der Waals surface area (Å²) >= 11 is 0. The topological polar surface area (TPSA) is 25.4 Å². The van der Waals surface area contributed by atoms with Crippen molar-refractivity contribution in [3.8, 4) is 11.1 Å². The van der Waals surface area contributed by atoms with Crippen LogP contribution in [0, 0.1) is 17.0 Å². The van der Waals surface area contributed by atoms with Crippen LogP contribution in [-0.4, -0.2) is 26.4 Å². The Morgan fingerprint density at radius 2 is 1.83 bits per heavy atom. The zero-order valence-corrected chi connectivity index (χ0v) is 19.6. The molecule has 2 aromatic rings. The molecule has 6 heteroatoms. The van der Waals surface area contributed by atoms with E-state index in [1.54, 1.807) is 24.4 Å². The number of anilines is 1. The van der Waals surface area contributed by atoms with Gasteiger partial charge in [-0.3, -0.25) is 0 Å². The van der Waals surface area contributed by atoms with E-state index >= 15 is 4.39 Å². The molecule has 1 fully saturated rings. The van der Waals surface area contributed by atoms with E-state index in [1.807, 2.05) is 4.90 Å². The Bertz CT molecular complexity index is 898. The summed E-state index contributed by atoms with van der Waals surface area (Å²) in [5, 5.41) is 0.0510. The van der Waals surface area contributed by atoms with E-state index in [2.05, 4.69) is 52.7 Å². The first-order valence-electron chi connectivity index (χ1n) is 10.1. The second-order valence-corrected chi connectivity index (χ2v) is 15.2. The summed E-state index contributed by atoms with van der Waals surface area (Å²) in [7, 11) is -1.99. The number of nitrogens with zero attached hydrogens (tertiary/aromatic N) is 2. The van der Waals surface area contributed by atoms with Gasteiger partial charge in [0.25, 0.3) is 0 Å². The van der Waals surface area contributed by atoms with Gasteiger partial charge in [0.2, 0.25) is 0 Å². The fourth-order valence-corrected chi connectivity index (χ4v) is 4.29. The van der Waals surface area contributed by atoms with Crippen LogP contribution in [0.1, 0.15) is 40.2 Å². The second kappa shape index (κ2) is 7.47. The highest BCUT2D eigenvalue weighted by Crippen LogP contribution is 2.38. The van der Waals surface area contributed by atoms with Gasteiger partial charge in [0, 0.05) is 36.0 Å². The molecule has 0 unspecified atom stereocenters. The fourth-order valence-electron chi connectivity index (χ4n) is 3.34. The van der Waals surface area contributed by atoms with E-state index < -0.39 is 14.1 Å². The number of hydrogen-bond acceptors (Lipinski definition) is 3. The van der Waals surface area contributed by atoms with Crippen molar-refractivity contribution in [1.82, 2.24) is 4.98 Å². The van der Waals surface area contributed by atoms with Crippen molar-refractivity contribution >= 4 is 14.1 Å². The molecule has 0 radical (unpaired) electrons. The number of benzene rings is 1. The second-order valence-electron chi connectivity index (χ2n) is 10.4. The van der Waals surface area contributed by atoms with Crippen molar-refractivity contribution < 1.29 is 13.2 Å². The lowest BCUT2D eigenvalue weighted by Gasteiger charge is -2.46. The van der Waals surface area contributed by atoms with Gasteiger partial charge in [-0.2, -0.15) is 0 Å². The van der Waals surface area contributed by atoms with Gasteiger partial charge in [-0.05, 0) is 29.6 Å². The van der Waals surface area contributed by atoms with E-state index in [4.69, 9.17) is 4.43 Å². The third-order valence-corrected chi connectivity index (χ3v) is 10.6. The Hall–Kier alpha value is -1.79. The number of aromatic nitrogens is 1. The first-order valence-corrected chi connectivity index (χ1v) is 13.0. The smallest absolute Gasteiger partial charge is 0.192 e. The zero-order valence-electron chi connectivity index (χ0n) is 18.6. The predicted octanol–water partition coefficient (Wildman–Crippen LogP) is 6.39. The lowest BCUT2D eigenvalue weighted by Crippen LogP contribution is -2.53. The van der Waals surface area contributed by atoms with E-state index in [0.717, 1.165) is 13.1 Å². The van der Waals surface area contributed by atoms with Gasteiger partial charge in [0.1, 0.15) is 5.82 Å². The lowest BCUT2D eigenvalue weighted by atomic mass is 9.84. The molecule has 29 heavy (non-hydrogen) atoms. The molecule has 3 rings (SSSR count). The molecular formula is C23H32F2N2OSi. The monoisotopic (exact) mass is 418 g/mol. The highest BCUT2D eigenvalue weighted by Gasteiger charge is 2.37. The molecule has 1 aromatic heterocycles. The quantitative estimate of drug-likeness (QED) is 0.526. The molecule has 0 amide bonds. The average Bonchev–Trinajstić information content (AvgIpc) is 2.58. The third kappa shape index (κ3) is 4.53. The van der Waals surface area contributed by atoms with Crippen LogP contribution in [0.5, 0.6) is 0 Å². The normalized spacial score (nSPS) is 16.7. The lowest BCUT2D eigenvalue weighted by molar-refractivity contribution is 0.271. The van der Waals surface area contributed by atoms with Crippen LogP contribution in [0.4, 0.5) is 14.6 Å². The summed E-state index contributed by atoms with van der Waals surface area (Å²) in [6.07, 6.45) is 1.56. The SMILES string of the molecule is CC1(C)CN(c2ncc(-c3cccc(CO[Si](C)(C)C(C)(C)C)c3F)cc2F)C1. The maximum absolute atomic E-state index is 15.2. The molecule has 0 atom stereocenters. The van der Waals surface area contributed by atoms with Crippen molar-refractivity contribution in [2.75, 3.05) is 18.0 Å². The van der Waals surface area contributed by atoms with Gasteiger partial charge >= 0.3 is 0 Å². The molecule has 0 bridgehead atoms. The standard InChI is InChI=1S/C23H32F2N2OSi/c1-22(2,3)29(6,7)28-13-16-9-8-10-18(20(16)25)17-11-19(24)21(26-12-17)27-14-23(4,5)15-27/h8-12H,13-15H2,1-7H3. The summed E-state index contributed by atoms with van der Waals surface area (Å²) in [4.78, 5) is 6.21. The molecule has 0 spiro atoms. The molecule has 1 saturated heterocycles. The van der Waals surface area contributed by atoms with Gasteiger partial charge in [-0.1, -0.05) is 52.8 Å². The van der Waals surface area contributed by atoms with Crippen molar-refractivity contribution in [2.24, 2.45) is 5.41 Å². The summed E-state index contributed by atoms with van der Waals surface area (Å²) in [5.41, 5.74) is 1.46. The molecule has 3 nitrogen and oxygen atoms in total. The number of rotatable bonds is 5. The summed E-state index contributed by atoms with van der Waals surface area (Å²) in [6.45, 7) is 16.8. The van der Waals surface area contributed by atoms with Crippen LogP contribution in [0.3, 0.4) is 0 Å². The molecule has 1 aliphatic rings. The van der Waals surface area contributed by atoms with Crippen molar-refractivity contribution in [3.63, 3.8) is 0 Å². The van der Waals surface area contributed by atoms with Crippen molar-refractivity contribution in [2.45, 2.75) is 59.4 Å². The minimum atomic E-state index is -1.99. The van der Waals surface area contributed by atoms with Crippen LogP contribution >= 0.6 is 0 Å². The number of pyridine rings is 1. The van der Waals surface area contributed by atoms with Gasteiger partial charge < -0.3 is 9.33 Å². The maximum atomic E-state index is 15.2. The first-order chi connectivity index (χ1) is 13.3. The third-order valence-electron chi connectivity index (χ3n) is 6.14. The van der Waals surface area contributed by atoms with E-state index in [1.165, 1.54) is 6.07 Å².